The predicted molar refractivity (Wildman–Crippen MR) is 159 cm³/mol. The molecule has 0 amide bonds. The highest BCUT2D eigenvalue weighted by atomic mass is 16.5. The van der Waals surface area contributed by atoms with E-state index in [0.717, 1.165) is 69.3 Å². The fourth-order valence-electron chi connectivity index (χ4n) is 7.08. The Morgan fingerprint density at radius 2 is 1.63 bits per heavy atom. The van der Waals surface area contributed by atoms with Crippen LogP contribution in [0, 0.1) is 6.92 Å². The highest BCUT2D eigenvalue weighted by Crippen LogP contribution is 2.42. The predicted octanol–water partition coefficient (Wildman–Crippen LogP) is 4.98. The van der Waals surface area contributed by atoms with E-state index in [4.69, 9.17) is 19.2 Å². The van der Waals surface area contributed by atoms with Crippen LogP contribution in [0.15, 0.2) is 48.8 Å². The third-order valence-corrected chi connectivity index (χ3v) is 9.14. The minimum atomic E-state index is 0.170. The van der Waals surface area contributed by atoms with E-state index < -0.39 is 0 Å². The molecule has 3 aromatic rings. The second-order valence-electron chi connectivity index (χ2n) is 11.8. The van der Waals surface area contributed by atoms with Crippen molar-refractivity contribution in [1.82, 2.24) is 19.9 Å². The SMILES string of the molecule is Cc1cc(Nc2nccc(-c3ccc(OC4CCOCC4)nc3)n2)ccc1N1C2CCC1CC(N1CCOCC1)C2. The average molecular weight is 557 g/mol. The number of aromatic nitrogens is 3. The number of piperidine rings is 1. The van der Waals surface area contributed by atoms with Crippen molar-refractivity contribution in [3.05, 3.63) is 54.4 Å². The number of hydrogen-bond donors (Lipinski definition) is 1. The summed E-state index contributed by atoms with van der Waals surface area (Å²) >= 11 is 0. The molecule has 0 radical (unpaired) electrons. The fraction of sp³-hybridized carbons (Fsp3) is 0.531. The van der Waals surface area contributed by atoms with Crippen LogP contribution in [-0.2, 0) is 9.47 Å². The number of nitrogens with one attached hydrogen (secondary N) is 1. The Morgan fingerprint density at radius 1 is 0.854 bits per heavy atom. The number of pyridine rings is 1. The largest absolute Gasteiger partial charge is 0.474 e. The van der Waals surface area contributed by atoms with Crippen LogP contribution >= 0.6 is 0 Å². The lowest BCUT2D eigenvalue weighted by Crippen LogP contribution is -2.53. The molecular formula is C32H40N6O3. The van der Waals surface area contributed by atoms with Gasteiger partial charge in [-0.15, -0.1) is 0 Å². The number of benzene rings is 1. The Morgan fingerprint density at radius 3 is 2.37 bits per heavy atom. The van der Waals surface area contributed by atoms with Crippen molar-refractivity contribution in [2.75, 3.05) is 49.7 Å². The molecule has 2 aromatic heterocycles. The van der Waals surface area contributed by atoms with Gasteiger partial charge < -0.3 is 24.4 Å². The Kier molecular flexibility index (Phi) is 7.74. The van der Waals surface area contributed by atoms with Crippen molar-refractivity contribution in [2.24, 2.45) is 0 Å². The van der Waals surface area contributed by atoms with E-state index in [-0.39, 0.29) is 6.10 Å². The van der Waals surface area contributed by atoms with Gasteiger partial charge in [-0.25, -0.2) is 15.0 Å². The van der Waals surface area contributed by atoms with Crippen LogP contribution in [0.2, 0.25) is 0 Å². The summed E-state index contributed by atoms with van der Waals surface area (Å²) in [7, 11) is 0. The second kappa shape index (κ2) is 11.9. The summed E-state index contributed by atoms with van der Waals surface area (Å²) in [6.45, 7) is 7.64. The summed E-state index contributed by atoms with van der Waals surface area (Å²) in [4.78, 5) is 19.2. The molecule has 9 heteroatoms. The quantitative estimate of drug-likeness (QED) is 0.433. The Hall–Kier alpha value is -3.27. The van der Waals surface area contributed by atoms with Crippen molar-refractivity contribution >= 4 is 17.3 Å². The first-order valence-corrected chi connectivity index (χ1v) is 15.2. The standard InChI is InChI=1S/C32H40N6O3/c1-22-18-24(3-6-30(22)38-25-4-5-26(38)20-27(19-25)37-12-16-40-17-13-37)35-32-33-11-8-29(36-32)23-2-7-31(34-21-23)41-28-9-14-39-15-10-28/h2-3,6-8,11,18,21,25-28H,4-5,9-10,12-17,19-20H2,1H3,(H,33,35,36). The molecule has 4 aliphatic rings. The molecule has 216 valence electrons. The van der Waals surface area contributed by atoms with Gasteiger partial charge in [-0.3, -0.25) is 4.90 Å². The molecule has 0 spiro atoms. The van der Waals surface area contributed by atoms with E-state index in [1.165, 1.54) is 36.9 Å². The molecular weight excluding hydrogens is 516 g/mol. The van der Waals surface area contributed by atoms with Gasteiger partial charge in [-0.05, 0) is 68.5 Å². The third-order valence-electron chi connectivity index (χ3n) is 9.14. The van der Waals surface area contributed by atoms with Gasteiger partial charge >= 0.3 is 0 Å². The number of fused-ring (bicyclic) bond motifs is 2. The highest BCUT2D eigenvalue weighted by Gasteiger charge is 2.43. The van der Waals surface area contributed by atoms with E-state index in [1.807, 2.05) is 24.4 Å². The Labute approximate surface area is 242 Å². The van der Waals surface area contributed by atoms with E-state index in [9.17, 15) is 0 Å². The topological polar surface area (TPSA) is 84.9 Å². The number of morpholine rings is 1. The zero-order valence-corrected chi connectivity index (χ0v) is 23.9. The van der Waals surface area contributed by atoms with Crippen LogP contribution in [0.5, 0.6) is 5.88 Å². The molecule has 41 heavy (non-hydrogen) atoms. The van der Waals surface area contributed by atoms with Crippen LogP contribution in [0.1, 0.15) is 44.1 Å². The van der Waals surface area contributed by atoms with Crippen molar-refractivity contribution < 1.29 is 14.2 Å². The number of anilines is 3. The zero-order valence-electron chi connectivity index (χ0n) is 23.9. The lowest BCUT2D eigenvalue weighted by molar-refractivity contribution is 0.00793. The van der Waals surface area contributed by atoms with Crippen molar-refractivity contribution in [3.8, 4) is 17.1 Å². The Balaban J connectivity index is 1.01. The van der Waals surface area contributed by atoms with Crippen LogP contribution in [-0.4, -0.2) is 83.6 Å². The first-order valence-electron chi connectivity index (χ1n) is 15.2. The molecule has 9 nitrogen and oxygen atoms in total. The molecule has 4 aliphatic heterocycles. The van der Waals surface area contributed by atoms with Crippen LogP contribution in [0.3, 0.4) is 0 Å². The van der Waals surface area contributed by atoms with Crippen molar-refractivity contribution in [1.29, 1.82) is 0 Å². The maximum atomic E-state index is 6.02. The summed E-state index contributed by atoms with van der Waals surface area (Å²) in [6, 6.07) is 14.4. The number of aryl methyl sites for hydroxylation is 1. The molecule has 7 rings (SSSR count). The van der Waals surface area contributed by atoms with E-state index in [1.54, 1.807) is 6.20 Å². The van der Waals surface area contributed by atoms with Gasteiger partial charge in [0.15, 0.2) is 0 Å². The van der Waals surface area contributed by atoms with Crippen molar-refractivity contribution in [3.63, 3.8) is 0 Å². The van der Waals surface area contributed by atoms with Gasteiger partial charge in [0.05, 0.1) is 32.1 Å². The minimum absolute atomic E-state index is 0.170. The van der Waals surface area contributed by atoms with Gasteiger partial charge in [-0.1, -0.05) is 0 Å². The second-order valence-corrected chi connectivity index (χ2v) is 11.8. The van der Waals surface area contributed by atoms with Crippen LogP contribution in [0.4, 0.5) is 17.3 Å². The summed E-state index contributed by atoms with van der Waals surface area (Å²) in [5.74, 6) is 1.21. The van der Waals surface area contributed by atoms with Gasteiger partial charge in [0, 0.05) is 79.5 Å². The molecule has 0 saturated carbocycles. The molecule has 4 saturated heterocycles. The van der Waals surface area contributed by atoms with E-state index in [2.05, 4.69) is 50.2 Å². The molecule has 4 fully saturated rings. The first kappa shape index (κ1) is 26.6. The molecule has 6 heterocycles. The monoisotopic (exact) mass is 556 g/mol. The molecule has 2 atom stereocenters. The molecule has 2 unspecified atom stereocenters. The maximum absolute atomic E-state index is 6.02. The van der Waals surface area contributed by atoms with E-state index >= 15 is 0 Å². The minimum Gasteiger partial charge on any atom is -0.474 e. The lowest BCUT2D eigenvalue weighted by Gasteiger charge is -2.45. The average Bonchev–Trinajstić information content (AvgIpc) is 3.26. The summed E-state index contributed by atoms with van der Waals surface area (Å²) in [5, 5.41) is 3.42. The summed E-state index contributed by atoms with van der Waals surface area (Å²) in [6.07, 6.45) is 10.7. The van der Waals surface area contributed by atoms with E-state index in [0.29, 0.717) is 30.0 Å². The van der Waals surface area contributed by atoms with Crippen molar-refractivity contribution in [2.45, 2.75) is 69.7 Å². The highest BCUT2D eigenvalue weighted by molar-refractivity contribution is 5.66. The van der Waals surface area contributed by atoms with Gasteiger partial charge in [0.1, 0.15) is 6.10 Å². The Bertz CT molecular complexity index is 1310. The van der Waals surface area contributed by atoms with Crippen LogP contribution in [0.25, 0.3) is 11.3 Å². The molecule has 1 aromatic carbocycles. The number of ether oxygens (including phenoxy) is 3. The molecule has 0 aliphatic carbocycles. The zero-order chi connectivity index (χ0) is 27.6. The number of rotatable bonds is 7. The number of nitrogens with zero attached hydrogens (tertiary/aromatic N) is 5. The van der Waals surface area contributed by atoms with Crippen LogP contribution < -0.4 is 15.0 Å². The molecule has 1 N–H and O–H groups in total. The third kappa shape index (κ3) is 5.89. The smallest absolute Gasteiger partial charge is 0.227 e. The summed E-state index contributed by atoms with van der Waals surface area (Å²) in [5.41, 5.74) is 5.40. The lowest BCUT2D eigenvalue weighted by atomic mass is 9.94. The maximum Gasteiger partial charge on any atom is 0.227 e. The van der Waals surface area contributed by atoms with Gasteiger partial charge in [0.25, 0.3) is 0 Å². The molecule has 2 bridgehead atoms. The van der Waals surface area contributed by atoms with Gasteiger partial charge in [-0.2, -0.15) is 0 Å². The summed E-state index contributed by atoms with van der Waals surface area (Å²) < 4.78 is 17.0. The van der Waals surface area contributed by atoms with Gasteiger partial charge in [0.2, 0.25) is 11.8 Å². The number of hydrogen-bond acceptors (Lipinski definition) is 9. The fourth-order valence-corrected chi connectivity index (χ4v) is 7.08. The normalized spacial score (nSPS) is 25.3. The first-order chi connectivity index (χ1) is 20.2.